The van der Waals surface area contributed by atoms with Crippen molar-refractivity contribution in [3.63, 3.8) is 0 Å². The Kier molecular flexibility index (Phi) is 4.51. The number of aliphatic hydroxyl groups is 1. The van der Waals surface area contributed by atoms with Crippen molar-refractivity contribution in [2.75, 3.05) is 7.05 Å². The lowest BCUT2D eigenvalue weighted by atomic mass is 9.86. The first kappa shape index (κ1) is 20.8. The number of carbonyl (C=O) groups is 1. The van der Waals surface area contributed by atoms with E-state index in [9.17, 15) is 19.1 Å². The summed E-state index contributed by atoms with van der Waals surface area (Å²) < 4.78 is 21.1. The predicted octanol–water partition coefficient (Wildman–Crippen LogP) is 2.81. The molecule has 3 aromatic rings. The topological polar surface area (TPSA) is 93.5 Å². The van der Waals surface area contributed by atoms with Gasteiger partial charge in [0.2, 0.25) is 0 Å². The highest BCUT2D eigenvalue weighted by atomic mass is 19.1. The number of carbonyl (C=O) groups excluding carboxylic acids is 1. The van der Waals surface area contributed by atoms with Gasteiger partial charge in [-0.15, -0.1) is 0 Å². The molecule has 2 N–H and O–H groups in total. The van der Waals surface area contributed by atoms with Gasteiger partial charge in [0.1, 0.15) is 12.4 Å². The molecule has 0 unspecified atom stereocenters. The fourth-order valence-electron chi connectivity index (χ4n) is 4.88. The Labute approximate surface area is 183 Å². The van der Waals surface area contributed by atoms with Crippen LogP contribution in [0.1, 0.15) is 54.1 Å². The van der Waals surface area contributed by atoms with Crippen LogP contribution in [0.5, 0.6) is 0 Å². The van der Waals surface area contributed by atoms with Crippen molar-refractivity contribution in [2.24, 2.45) is 0 Å². The molecule has 2 aliphatic rings. The molecule has 0 saturated carbocycles. The fraction of sp³-hybridized carbons (Fsp3) is 0.375. The lowest BCUT2D eigenvalue weighted by Gasteiger charge is -2.31. The van der Waals surface area contributed by atoms with Crippen molar-refractivity contribution in [2.45, 2.75) is 52.0 Å². The molecule has 8 heteroatoms. The first-order valence-electron chi connectivity index (χ1n) is 10.7. The highest BCUT2D eigenvalue weighted by Crippen LogP contribution is 2.41. The first-order chi connectivity index (χ1) is 15.2. The van der Waals surface area contributed by atoms with E-state index >= 15 is 0 Å². The molecule has 32 heavy (non-hydrogen) atoms. The predicted molar refractivity (Wildman–Crippen MR) is 117 cm³/mol. The number of cyclic esters (lactones) is 1. The van der Waals surface area contributed by atoms with E-state index < -0.39 is 11.6 Å². The lowest BCUT2D eigenvalue weighted by molar-refractivity contribution is -0.172. The third kappa shape index (κ3) is 2.63. The van der Waals surface area contributed by atoms with E-state index in [-0.39, 0.29) is 41.6 Å². The maximum absolute atomic E-state index is 14.4. The zero-order valence-corrected chi connectivity index (χ0v) is 18.4. The zero-order chi connectivity index (χ0) is 22.9. The summed E-state index contributed by atoms with van der Waals surface area (Å²) in [5.41, 5.74) is 2.26. The Bertz CT molecular complexity index is 1380. The molecule has 0 amide bonds. The number of fused-ring (bicyclic) bond motifs is 5. The summed E-state index contributed by atoms with van der Waals surface area (Å²) in [6.45, 7) is 5.51. The van der Waals surface area contributed by atoms with Crippen LogP contribution in [0.15, 0.2) is 23.0 Å². The van der Waals surface area contributed by atoms with Crippen molar-refractivity contribution in [1.29, 1.82) is 0 Å². The van der Waals surface area contributed by atoms with Crippen molar-refractivity contribution in [3.05, 3.63) is 62.2 Å². The molecule has 0 radical (unpaired) electrons. The number of nitrogens with one attached hydrogen (secondary N) is 1. The molecule has 0 aliphatic carbocycles. The summed E-state index contributed by atoms with van der Waals surface area (Å²) in [4.78, 5) is 30.5. The second-order valence-electron chi connectivity index (χ2n) is 8.58. The lowest BCUT2D eigenvalue weighted by Crippen LogP contribution is -2.44. The van der Waals surface area contributed by atoms with Crippen molar-refractivity contribution >= 4 is 16.9 Å². The summed E-state index contributed by atoms with van der Waals surface area (Å²) in [5.74, 6) is -1.11. The number of rotatable bonds is 3. The number of hydrogen-bond acceptors (Lipinski definition) is 6. The largest absolute Gasteiger partial charge is 0.458 e. The third-order valence-electron chi connectivity index (χ3n) is 6.88. The van der Waals surface area contributed by atoms with Gasteiger partial charge in [-0.2, -0.15) is 0 Å². The monoisotopic (exact) mass is 437 g/mol. The highest BCUT2D eigenvalue weighted by molar-refractivity contribution is 5.90. The molecule has 0 saturated heterocycles. The number of hydrogen-bond donors (Lipinski definition) is 2. The third-order valence-corrected chi connectivity index (χ3v) is 6.88. The molecule has 7 nitrogen and oxygen atoms in total. The van der Waals surface area contributed by atoms with Gasteiger partial charge in [-0.05, 0) is 50.6 Å². The Hall–Kier alpha value is -3.10. The van der Waals surface area contributed by atoms with E-state index in [0.717, 1.165) is 16.5 Å². The Morgan fingerprint density at radius 3 is 2.75 bits per heavy atom. The number of ether oxygens (including phenoxy) is 1. The zero-order valence-electron chi connectivity index (χ0n) is 18.4. The maximum Gasteiger partial charge on any atom is 0.343 e. The number of pyridine rings is 2. The summed E-state index contributed by atoms with van der Waals surface area (Å²) in [6.07, 6.45) is 0.0757. The number of esters is 1. The molecule has 166 valence electrons. The second-order valence-corrected chi connectivity index (χ2v) is 8.58. The smallest absolute Gasteiger partial charge is 0.343 e. The van der Waals surface area contributed by atoms with Gasteiger partial charge in [0, 0.05) is 28.6 Å². The van der Waals surface area contributed by atoms with Crippen LogP contribution in [0.25, 0.3) is 22.3 Å². The number of aryl methyl sites for hydroxylation is 1. The highest BCUT2D eigenvalue weighted by Gasteiger charge is 2.45. The van der Waals surface area contributed by atoms with E-state index in [1.165, 1.54) is 6.07 Å². The molecule has 2 atom stereocenters. The summed E-state index contributed by atoms with van der Waals surface area (Å²) in [6, 6.07) is 4.80. The van der Waals surface area contributed by atoms with Crippen LogP contribution >= 0.6 is 0 Å². The SMILES string of the molecule is CC[C@@]1(O)C(=O)OCc2c1cc1n(c2=O)Cc2c-1nc1cc(F)c(C)cc1c2[C@H](C)NC. The van der Waals surface area contributed by atoms with Crippen LogP contribution in [-0.4, -0.2) is 27.7 Å². The van der Waals surface area contributed by atoms with E-state index in [0.29, 0.717) is 29.0 Å². The van der Waals surface area contributed by atoms with Crippen molar-refractivity contribution in [3.8, 4) is 11.4 Å². The number of benzene rings is 1. The summed E-state index contributed by atoms with van der Waals surface area (Å²) >= 11 is 0. The number of aromatic nitrogens is 2. The average molecular weight is 437 g/mol. The molecular formula is C24H24FN3O4. The van der Waals surface area contributed by atoms with Crippen LogP contribution in [-0.2, 0) is 28.3 Å². The van der Waals surface area contributed by atoms with Gasteiger partial charge in [0.15, 0.2) is 5.60 Å². The molecule has 1 aromatic carbocycles. The van der Waals surface area contributed by atoms with Gasteiger partial charge < -0.3 is 19.7 Å². The molecule has 0 bridgehead atoms. The minimum atomic E-state index is -1.88. The Balaban J connectivity index is 1.86. The van der Waals surface area contributed by atoms with E-state index in [4.69, 9.17) is 9.72 Å². The molecular weight excluding hydrogens is 413 g/mol. The van der Waals surface area contributed by atoms with E-state index in [1.54, 1.807) is 30.5 Å². The molecule has 2 aromatic heterocycles. The maximum atomic E-state index is 14.4. The minimum absolute atomic E-state index is 0.0729. The standard InChI is InChI=1S/C24H24FN3O4/c1-5-24(31)16-7-19-21-14(9-28(19)22(29)15(16)10-32-23(24)30)20(12(3)26-4)13-6-11(2)17(25)8-18(13)27-21/h6-8,12,26,31H,5,9-10H2,1-4H3/t12-,24-/m0/s1. The molecule has 4 heterocycles. The molecule has 0 fully saturated rings. The Morgan fingerprint density at radius 2 is 2.06 bits per heavy atom. The van der Waals surface area contributed by atoms with Crippen LogP contribution in [0.2, 0.25) is 0 Å². The van der Waals surface area contributed by atoms with Gasteiger partial charge in [0.25, 0.3) is 5.56 Å². The van der Waals surface area contributed by atoms with E-state index in [2.05, 4.69) is 5.32 Å². The van der Waals surface area contributed by atoms with Crippen molar-refractivity contribution in [1.82, 2.24) is 14.9 Å². The van der Waals surface area contributed by atoms with Crippen LogP contribution in [0.3, 0.4) is 0 Å². The summed E-state index contributed by atoms with van der Waals surface area (Å²) in [7, 11) is 1.84. The van der Waals surface area contributed by atoms with Gasteiger partial charge in [-0.25, -0.2) is 14.2 Å². The minimum Gasteiger partial charge on any atom is -0.458 e. The fourth-order valence-corrected chi connectivity index (χ4v) is 4.88. The molecule has 2 aliphatic heterocycles. The van der Waals surface area contributed by atoms with Gasteiger partial charge >= 0.3 is 5.97 Å². The number of nitrogens with zero attached hydrogens (tertiary/aromatic N) is 2. The van der Waals surface area contributed by atoms with Crippen LogP contribution < -0.4 is 10.9 Å². The normalized spacial score (nSPS) is 20.0. The summed E-state index contributed by atoms with van der Waals surface area (Å²) in [5, 5.41) is 15.1. The molecule has 5 rings (SSSR count). The molecule has 0 spiro atoms. The average Bonchev–Trinajstić information content (AvgIpc) is 3.14. The Morgan fingerprint density at radius 1 is 1.31 bits per heavy atom. The van der Waals surface area contributed by atoms with E-state index in [1.807, 2.05) is 14.0 Å². The van der Waals surface area contributed by atoms with Gasteiger partial charge in [-0.3, -0.25) is 4.79 Å². The van der Waals surface area contributed by atoms with Gasteiger partial charge in [0.05, 0.1) is 29.0 Å². The van der Waals surface area contributed by atoms with Crippen molar-refractivity contribution < 1.29 is 19.0 Å². The quantitative estimate of drug-likeness (QED) is 0.479. The number of halogens is 1. The van der Waals surface area contributed by atoms with Gasteiger partial charge in [-0.1, -0.05) is 6.92 Å². The second kappa shape index (κ2) is 6.95. The van der Waals surface area contributed by atoms with Crippen LogP contribution in [0, 0.1) is 12.7 Å². The van der Waals surface area contributed by atoms with Crippen LogP contribution in [0.4, 0.5) is 4.39 Å². The first-order valence-corrected chi connectivity index (χ1v) is 10.7.